The summed E-state index contributed by atoms with van der Waals surface area (Å²) >= 11 is 0. The second-order valence-electron chi connectivity index (χ2n) is 5.60. The van der Waals surface area contributed by atoms with Crippen molar-refractivity contribution in [3.05, 3.63) is 71.8 Å². The van der Waals surface area contributed by atoms with E-state index in [1.807, 2.05) is 0 Å². The van der Waals surface area contributed by atoms with E-state index in [9.17, 15) is 0 Å². The largest absolute Gasteiger partial charge is 0.0946 e. The number of fused-ring (bicyclic) bond motifs is 1. The van der Waals surface area contributed by atoms with Gasteiger partial charge in [0.25, 0.3) is 0 Å². The van der Waals surface area contributed by atoms with Gasteiger partial charge in [-0.3, -0.25) is 0 Å². The molecular weight excluding hydrogens is 244 g/mol. The Bertz CT molecular complexity index is 600. The van der Waals surface area contributed by atoms with Gasteiger partial charge in [0, 0.05) is 5.54 Å². The van der Waals surface area contributed by atoms with Gasteiger partial charge in [-0.05, 0) is 11.1 Å². The highest BCUT2D eigenvalue weighted by atomic mass is 28.3. The second kappa shape index (κ2) is 4.82. The van der Waals surface area contributed by atoms with Crippen LogP contribution in [0.4, 0.5) is 0 Å². The number of hydrogen-bond acceptors (Lipinski definition) is 0. The lowest BCUT2D eigenvalue weighted by molar-refractivity contribution is 1.13. The third kappa shape index (κ3) is 1.98. The van der Waals surface area contributed by atoms with E-state index in [2.05, 4.69) is 80.2 Å². The molecule has 96 valence electrons. The molecule has 0 aliphatic heterocycles. The van der Waals surface area contributed by atoms with Crippen molar-refractivity contribution in [1.82, 2.24) is 0 Å². The highest BCUT2D eigenvalue weighted by Crippen LogP contribution is 2.38. The first-order valence-electron chi connectivity index (χ1n) is 7.08. The van der Waals surface area contributed by atoms with Gasteiger partial charge in [0.05, 0.1) is 8.07 Å². The summed E-state index contributed by atoms with van der Waals surface area (Å²) in [6.45, 7) is 4.88. The lowest BCUT2D eigenvalue weighted by Crippen LogP contribution is -2.49. The molecule has 0 saturated carbocycles. The summed E-state index contributed by atoms with van der Waals surface area (Å²) in [7, 11) is -1.50. The lowest BCUT2D eigenvalue weighted by Gasteiger charge is -2.33. The zero-order valence-electron chi connectivity index (χ0n) is 11.6. The number of allylic oxidation sites excluding steroid dienone is 1. The summed E-state index contributed by atoms with van der Waals surface area (Å²) in [5.41, 5.74) is 3.56. The monoisotopic (exact) mass is 264 g/mol. The molecule has 0 saturated heterocycles. The molecule has 0 heterocycles. The molecule has 2 aromatic carbocycles. The Hall–Kier alpha value is -1.60. The molecule has 2 unspecified atom stereocenters. The smallest absolute Gasteiger partial charge is 0.0787 e. The molecule has 2 aromatic rings. The van der Waals surface area contributed by atoms with Crippen LogP contribution in [0.1, 0.15) is 23.6 Å². The van der Waals surface area contributed by atoms with Crippen LogP contribution in [0.2, 0.25) is 12.6 Å². The van der Waals surface area contributed by atoms with Crippen molar-refractivity contribution in [3.63, 3.8) is 0 Å². The van der Waals surface area contributed by atoms with Gasteiger partial charge >= 0.3 is 0 Å². The maximum atomic E-state index is 2.53. The Morgan fingerprint density at radius 1 is 0.947 bits per heavy atom. The van der Waals surface area contributed by atoms with Crippen molar-refractivity contribution >= 4 is 19.3 Å². The maximum absolute atomic E-state index is 2.53. The first-order valence-corrected chi connectivity index (χ1v) is 9.87. The molecule has 1 heteroatoms. The molecule has 0 spiro atoms. The third-order valence-electron chi connectivity index (χ3n) is 4.65. The van der Waals surface area contributed by atoms with Crippen molar-refractivity contribution in [3.8, 4) is 0 Å². The molecule has 0 radical (unpaired) electrons. The standard InChI is InChI=1S/C18H20Si/c1-3-19(2,16-10-5-4-6-11-16)18-14-13-15-9-7-8-12-17(15)18/h4-14,18H,3H2,1-2H3. The van der Waals surface area contributed by atoms with Crippen LogP contribution in [-0.2, 0) is 0 Å². The van der Waals surface area contributed by atoms with Crippen LogP contribution in [-0.4, -0.2) is 8.07 Å². The van der Waals surface area contributed by atoms with Crippen LogP contribution in [0.25, 0.3) is 6.08 Å². The SMILES string of the molecule is CC[Si](C)(c1ccccc1)C1C=Cc2ccccc21. The minimum absolute atomic E-state index is 0.621. The summed E-state index contributed by atoms with van der Waals surface area (Å²) in [6.07, 6.45) is 4.75. The predicted molar refractivity (Wildman–Crippen MR) is 86.4 cm³/mol. The maximum Gasteiger partial charge on any atom is 0.0946 e. The van der Waals surface area contributed by atoms with Crippen molar-refractivity contribution in [1.29, 1.82) is 0 Å². The highest BCUT2D eigenvalue weighted by Gasteiger charge is 2.38. The molecule has 1 aliphatic carbocycles. The molecule has 19 heavy (non-hydrogen) atoms. The number of hydrogen-bond donors (Lipinski definition) is 0. The molecule has 0 bridgehead atoms. The fourth-order valence-electron chi connectivity index (χ4n) is 3.23. The highest BCUT2D eigenvalue weighted by molar-refractivity contribution is 6.92. The minimum Gasteiger partial charge on any atom is -0.0787 e. The van der Waals surface area contributed by atoms with Crippen LogP contribution in [0.3, 0.4) is 0 Å². The van der Waals surface area contributed by atoms with Crippen molar-refractivity contribution in [2.75, 3.05) is 0 Å². The summed E-state index contributed by atoms with van der Waals surface area (Å²) in [5.74, 6) is 0. The van der Waals surface area contributed by atoms with Crippen LogP contribution < -0.4 is 5.19 Å². The Morgan fingerprint density at radius 2 is 1.63 bits per heavy atom. The summed E-state index contributed by atoms with van der Waals surface area (Å²) in [4.78, 5) is 0. The molecule has 3 rings (SSSR count). The molecule has 0 nitrogen and oxygen atoms in total. The third-order valence-corrected chi connectivity index (χ3v) is 9.65. The normalized spacial score (nSPS) is 20.0. The summed E-state index contributed by atoms with van der Waals surface area (Å²) in [5, 5.41) is 1.57. The van der Waals surface area contributed by atoms with Crippen molar-refractivity contribution in [2.24, 2.45) is 0 Å². The second-order valence-corrected chi connectivity index (χ2v) is 10.3. The molecule has 0 amide bonds. The average molecular weight is 264 g/mol. The Morgan fingerprint density at radius 3 is 2.37 bits per heavy atom. The number of rotatable bonds is 3. The Balaban J connectivity index is 2.08. The quantitative estimate of drug-likeness (QED) is 0.723. The first-order chi connectivity index (χ1) is 9.25. The van der Waals surface area contributed by atoms with Gasteiger partial charge in [-0.25, -0.2) is 0 Å². The Kier molecular flexibility index (Phi) is 3.15. The topological polar surface area (TPSA) is 0 Å². The lowest BCUT2D eigenvalue weighted by atomic mass is 10.1. The van der Waals surface area contributed by atoms with Crippen molar-refractivity contribution in [2.45, 2.75) is 25.1 Å². The van der Waals surface area contributed by atoms with E-state index in [4.69, 9.17) is 0 Å². The van der Waals surface area contributed by atoms with E-state index in [0.29, 0.717) is 5.54 Å². The fourth-order valence-corrected chi connectivity index (χ4v) is 6.86. The molecule has 0 fully saturated rings. The summed E-state index contributed by atoms with van der Waals surface area (Å²) in [6, 6.07) is 21.3. The molecule has 2 atom stereocenters. The van der Waals surface area contributed by atoms with E-state index in [1.54, 1.807) is 5.19 Å². The van der Waals surface area contributed by atoms with Gasteiger partial charge in [0.15, 0.2) is 0 Å². The Labute approximate surface area is 116 Å². The van der Waals surface area contributed by atoms with Crippen LogP contribution >= 0.6 is 0 Å². The van der Waals surface area contributed by atoms with Gasteiger partial charge in [0.1, 0.15) is 0 Å². The molecule has 1 aliphatic rings. The minimum atomic E-state index is -1.50. The average Bonchev–Trinajstić information content (AvgIpc) is 2.92. The van der Waals surface area contributed by atoms with Crippen LogP contribution in [0.5, 0.6) is 0 Å². The van der Waals surface area contributed by atoms with Crippen molar-refractivity contribution < 1.29 is 0 Å². The number of benzene rings is 2. The molecule has 0 aromatic heterocycles. The van der Waals surface area contributed by atoms with Gasteiger partial charge in [-0.1, -0.05) is 91.5 Å². The van der Waals surface area contributed by atoms with Gasteiger partial charge in [-0.15, -0.1) is 0 Å². The van der Waals surface area contributed by atoms with Gasteiger partial charge in [-0.2, -0.15) is 0 Å². The van der Waals surface area contributed by atoms with E-state index in [1.165, 1.54) is 17.2 Å². The zero-order valence-corrected chi connectivity index (χ0v) is 12.6. The van der Waals surface area contributed by atoms with Gasteiger partial charge in [0.2, 0.25) is 0 Å². The van der Waals surface area contributed by atoms with E-state index in [-0.39, 0.29) is 0 Å². The van der Waals surface area contributed by atoms with E-state index < -0.39 is 8.07 Å². The molecule has 0 N–H and O–H groups in total. The van der Waals surface area contributed by atoms with E-state index in [0.717, 1.165) is 0 Å². The summed E-state index contributed by atoms with van der Waals surface area (Å²) < 4.78 is 0. The van der Waals surface area contributed by atoms with Crippen LogP contribution in [0, 0.1) is 0 Å². The van der Waals surface area contributed by atoms with Crippen LogP contribution in [0.15, 0.2) is 60.7 Å². The van der Waals surface area contributed by atoms with Gasteiger partial charge < -0.3 is 0 Å². The fraction of sp³-hybridized carbons (Fsp3) is 0.222. The zero-order chi connectivity index (χ0) is 13.3. The van der Waals surface area contributed by atoms with E-state index >= 15 is 0 Å². The predicted octanol–water partition coefficient (Wildman–Crippen LogP) is 4.34. The molecular formula is C18H20Si. The first kappa shape index (κ1) is 12.4.